The third-order valence-corrected chi connectivity index (χ3v) is 4.90. The van der Waals surface area contributed by atoms with Gasteiger partial charge in [0.15, 0.2) is 5.82 Å². The van der Waals surface area contributed by atoms with Crippen LogP contribution in [0.25, 0.3) is 20.5 Å². The van der Waals surface area contributed by atoms with Crippen LogP contribution in [0.3, 0.4) is 0 Å². The van der Waals surface area contributed by atoms with E-state index in [2.05, 4.69) is 38.8 Å². The van der Waals surface area contributed by atoms with Gasteiger partial charge in [0.25, 0.3) is 0 Å². The van der Waals surface area contributed by atoms with Gasteiger partial charge in [0.1, 0.15) is 6.54 Å². The second-order valence-corrected chi connectivity index (χ2v) is 6.63. The summed E-state index contributed by atoms with van der Waals surface area (Å²) in [6.45, 7) is 2.72. The number of nitrogens with one attached hydrogen (secondary N) is 1. The molecule has 0 unspecified atom stereocenters. The number of benzene rings is 1. The van der Waals surface area contributed by atoms with Gasteiger partial charge in [-0.15, -0.1) is 16.4 Å². The van der Waals surface area contributed by atoms with Crippen molar-refractivity contribution in [2.75, 3.05) is 5.32 Å². The molecular formula is C17H16N6OS. The lowest BCUT2D eigenvalue weighted by Crippen LogP contribution is -2.19. The number of hydrogen-bond donors (Lipinski definition) is 1. The number of aromatic nitrogens is 5. The van der Waals surface area contributed by atoms with Gasteiger partial charge in [-0.05, 0) is 24.4 Å². The maximum absolute atomic E-state index is 12.1. The van der Waals surface area contributed by atoms with E-state index in [9.17, 15) is 4.79 Å². The Morgan fingerprint density at radius 2 is 2.12 bits per heavy atom. The largest absolute Gasteiger partial charge is 0.306 e. The predicted octanol–water partition coefficient (Wildman–Crippen LogP) is 3.01. The number of rotatable bonds is 5. The van der Waals surface area contributed by atoms with Crippen LogP contribution in [-0.4, -0.2) is 30.7 Å². The fourth-order valence-electron chi connectivity index (χ4n) is 2.54. The molecule has 4 aromatic rings. The summed E-state index contributed by atoms with van der Waals surface area (Å²) in [4.78, 5) is 14.8. The molecular weight excluding hydrogens is 336 g/mol. The Morgan fingerprint density at radius 3 is 2.92 bits per heavy atom. The number of amides is 1. The van der Waals surface area contributed by atoms with Crippen molar-refractivity contribution < 1.29 is 4.79 Å². The van der Waals surface area contributed by atoms with Crippen molar-refractivity contribution in [3.63, 3.8) is 0 Å². The maximum atomic E-state index is 12.1. The quantitative estimate of drug-likeness (QED) is 0.599. The molecule has 1 N–H and O–H groups in total. The molecule has 3 aromatic heterocycles. The number of carbonyl (C=O) groups excluding carboxylic acids is 1. The van der Waals surface area contributed by atoms with Crippen molar-refractivity contribution in [2.24, 2.45) is 0 Å². The minimum atomic E-state index is -0.186. The molecule has 1 amide bonds. The van der Waals surface area contributed by atoms with Crippen LogP contribution in [0, 0.1) is 0 Å². The zero-order valence-electron chi connectivity index (χ0n) is 13.6. The predicted molar refractivity (Wildman–Crippen MR) is 97.4 cm³/mol. The fraction of sp³-hybridized carbons (Fsp3) is 0.176. The summed E-state index contributed by atoms with van der Waals surface area (Å²) in [6.07, 6.45) is 5.20. The molecule has 0 saturated heterocycles. The summed E-state index contributed by atoms with van der Waals surface area (Å²) in [5.41, 5.74) is 1.01. The highest BCUT2D eigenvalue weighted by atomic mass is 32.1. The standard InChI is InChI=1S/C17H16N6OS/c1-2-23-19-9-16(21-23)20-17(24)11-22-10-13(8-18-22)15-7-12-5-3-4-6-14(12)25-15/h3-10H,2,11H2,1H3,(H,20,21,24). The molecule has 126 valence electrons. The Balaban J connectivity index is 1.46. The molecule has 7 nitrogen and oxygen atoms in total. The summed E-state index contributed by atoms with van der Waals surface area (Å²) in [5, 5.41) is 16.4. The Labute approximate surface area is 147 Å². The Bertz CT molecular complexity index is 998. The van der Waals surface area contributed by atoms with E-state index in [1.807, 2.05) is 25.3 Å². The first-order valence-electron chi connectivity index (χ1n) is 7.92. The third kappa shape index (κ3) is 3.29. The number of nitrogens with zero attached hydrogens (tertiary/aromatic N) is 5. The first-order chi connectivity index (χ1) is 12.2. The topological polar surface area (TPSA) is 77.6 Å². The van der Waals surface area contributed by atoms with Gasteiger partial charge in [-0.2, -0.15) is 15.0 Å². The molecule has 0 atom stereocenters. The van der Waals surface area contributed by atoms with Crippen LogP contribution in [0.15, 0.2) is 48.9 Å². The monoisotopic (exact) mass is 352 g/mol. The van der Waals surface area contributed by atoms with Crippen LogP contribution in [0.5, 0.6) is 0 Å². The van der Waals surface area contributed by atoms with Crippen LogP contribution in [0.1, 0.15) is 6.92 Å². The molecule has 0 aliphatic heterocycles. The van der Waals surface area contributed by atoms with Gasteiger partial charge in [-0.25, -0.2) is 0 Å². The van der Waals surface area contributed by atoms with Crippen molar-refractivity contribution in [2.45, 2.75) is 20.0 Å². The normalized spacial score (nSPS) is 11.1. The Hall–Kier alpha value is -3.00. The van der Waals surface area contributed by atoms with Crippen LogP contribution >= 0.6 is 11.3 Å². The van der Waals surface area contributed by atoms with E-state index in [0.717, 1.165) is 10.4 Å². The van der Waals surface area contributed by atoms with E-state index in [1.165, 1.54) is 21.1 Å². The zero-order chi connectivity index (χ0) is 17.2. The summed E-state index contributed by atoms with van der Waals surface area (Å²) >= 11 is 1.72. The molecule has 3 heterocycles. The molecule has 25 heavy (non-hydrogen) atoms. The highest BCUT2D eigenvalue weighted by molar-refractivity contribution is 7.22. The van der Waals surface area contributed by atoms with Crippen LogP contribution < -0.4 is 5.32 Å². The van der Waals surface area contributed by atoms with Crippen molar-refractivity contribution in [3.05, 3.63) is 48.9 Å². The molecule has 8 heteroatoms. The van der Waals surface area contributed by atoms with Crippen LogP contribution in [0.4, 0.5) is 5.82 Å². The van der Waals surface area contributed by atoms with Gasteiger partial charge >= 0.3 is 0 Å². The first-order valence-corrected chi connectivity index (χ1v) is 8.74. The summed E-state index contributed by atoms with van der Waals surface area (Å²) in [6, 6.07) is 10.4. The zero-order valence-corrected chi connectivity index (χ0v) is 14.4. The average Bonchev–Trinajstić information content (AvgIpc) is 3.33. The van der Waals surface area contributed by atoms with E-state index in [0.29, 0.717) is 12.4 Å². The molecule has 0 saturated carbocycles. The highest BCUT2D eigenvalue weighted by Crippen LogP contribution is 2.32. The molecule has 0 aliphatic rings. The second kappa shape index (κ2) is 6.48. The van der Waals surface area contributed by atoms with E-state index in [1.54, 1.807) is 22.2 Å². The number of anilines is 1. The molecule has 0 bridgehead atoms. The van der Waals surface area contributed by atoms with E-state index < -0.39 is 0 Å². The number of carbonyl (C=O) groups is 1. The number of fused-ring (bicyclic) bond motifs is 1. The maximum Gasteiger partial charge on any atom is 0.247 e. The van der Waals surface area contributed by atoms with Crippen molar-refractivity contribution in [3.8, 4) is 10.4 Å². The van der Waals surface area contributed by atoms with Crippen molar-refractivity contribution >= 4 is 33.1 Å². The lowest BCUT2D eigenvalue weighted by Gasteiger charge is -2.01. The highest BCUT2D eigenvalue weighted by Gasteiger charge is 2.10. The lowest BCUT2D eigenvalue weighted by molar-refractivity contribution is -0.116. The van der Waals surface area contributed by atoms with Crippen LogP contribution in [0.2, 0.25) is 0 Å². The van der Waals surface area contributed by atoms with Gasteiger partial charge in [-0.3, -0.25) is 9.48 Å². The second-order valence-electron chi connectivity index (χ2n) is 5.54. The van der Waals surface area contributed by atoms with Gasteiger partial charge in [0.2, 0.25) is 5.91 Å². The van der Waals surface area contributed by atoms with Gasteiger partial charge in [0.05, 0.1) is 18.9 Å². The van der Waals surface area contributed by atoms with Gasteiger partial charge < -0.3 is 5.32 Å². The minimum Gasteiger partial charge on any atom is -0.306 e. The van der Waals surface area contributed by atoms with E-state index >= 15 is 0 Å². The lowest BCUT2D eigenvalue weighted by atomic mass is 10.2. The average molecular weight is 352 g/mol. The molecule has 0 radical (unpaired) electrons. The van der Waals surface area contributed by atoms with Gasteiger partial charge in [0, 0.05) is 21.3 Å². The van der Waals surface area contributed by atoms with Crippen molar-refractivity contribution in [1.29, 1.82) is 0 Å². The molecule has 0 spiro atoms. The van der Waals surface area contributed by atoms with Crippen LogP contribution in [-0.2, 0) is 17.9 Å². The first kappa shape index (κ1) is 15.5. The molecule has 4 rings (SSSR count). The summed E-state index contributed by atoms with van der Waals surface area (Å²) in [5.74, 6) is 0.262. The summed E-state index contributed by atoms with van der Waals surface area (Å²) < 4.78 is 2.86. The smallest absolute Gasteiger partial charge is 0.247 e. The molecule has 0 fully saturated rings. The SMILES string of the molecule is CCn1ncc(NC(=O)Cn2cc(-c3cc4ccccc4s3)cn2)n1. The Morgan fingerprint density at radius 1 is 1.24 bits per heavy atom. The van der Waals surface area contributed by atoms with E-state index in [-0.39, 0.29) is 12.5 Å². The molecule has 0 aliphatic carbocycles. The Kier molecular flexibility index (Phi) is 4.02. The number of hydrogen-bond acceptors (Lipinski definition) is 5. The van der Waals surface area contributed by atoms with Gasteiger partial charge in [-0.1, -0.05) is 18.2 Å². The number of thiophene rings is 1. The number of aryl methyl sites for hydroxylation is 1. The fourth-order valence-corrected chi connectivity index (χ4v) is 3.58. The third-order valence-electron chi connectivity index (χ3n) is 3.74. The van der Waals surface area contributed by atoms with E-state index in [4.69, 9.17) is 0 Å². The molecule has 1 aromatic carbocycles. The van der Waals surface area contributed by atoms with Crippen molar-refractivity contribution in [1.82, 2.24) is 24.8 Å². The summed E-state index contributed by atoms with van der Waals surface area (Å²) in [7, 11) is 0. The minimum absolute atomic E-state index is 0.129.